The van der Waals surface area contributed by atoms with Crippen molar-refractivity contribution < 1.29 is 0 Å². The summed E-state index contributed by atoms with van der Waals surface area (Å²) in [4.78, 5) is 6.18. The van der Waals surface area contributed by atoms with E-state index in [1.165, 1.54) is 16.8 Å². The summed E-state index contributed by atoms with van der Waals surface area (Å²) in [5.74, 6) is 0. The number of aromatic nitrogens is 2. The lowest BCUT2D eigenvalue weighted by Gasteiger charge is -2.13. The maximum absolute atomic E-state index is 4.07. The van der Waals surface area contributed by atoms with Crippen LogP contribution in [0.2, 0.25) is 0 Å². The van der Waals surface area contributed by atoms with E-state index < -0.39 is 0 Å². The standard InChI is InChI=1S/C19H22N4/c1-22(2)18-7-3-16(4-8-18)13-21-14-17-5-9-19(10-6-17)23-12-11-20-15-23/h3-12,15,21H,13-14H2,1-2H3. The zero-order valence-corrected chi connectivity index (χ0v) is 13.6. The van der Waals surface area contributed by atoms with Crippen molar-refractivity contribution in [3.8, 4) is 5.69 Å². The first-order valence-electron chi connectivity index (χ1n) is 7.76. The van der Waals surface area contributed by atoms with Gasteiger partial charge in [-0.3, -0.25) is 0 Å². The first kappa shape index (κ1) is 15.3. The van der Waals surface area contributed by atoms with Gasteiger partial charge in [-0.2, -0.15) is 0 Å². The summed E-state index contributed by atoms with van der Waals surface area (Å²) in [6, 6.07) is 17.2. The molecule has 0 saturated heterocycles. The Morgan fingerprint density at radius 3 is 2.04 bits per heavy atom. The Balaban J connectivity index is 1.52. The van der Waals surface area contributed by atoms with E-state index in [0.29, 0.717) is 0 Å². The monoisotopic (exact) mass is 306 g/mol. The fourth-order valence-electron chi connectivity index (χ4n) is 2.46. The van der Waals surface area contributed by atoms with E-state index in [9.17, 15) is 0 Å². The van der Waals surface area contributed by atoms with Gasteiger partial charge < -0.3 is 14.8 Å². The van der Waals surface area contributed by atoms with E-state index in [0.717, 1.165) is 18.8 Å². The van der Waals surface area contributed by atoms with Crippen molar-refractivity contribution in [1.82, 2.24) is 14.9 Å². The van der Waals surface area contributed by atoms with Gasteiger partial charge in [-0.1, -0.05) is 24.3 Å². The summed E-state index contributed by atoms with van der Waals surface area (Å²) in [7, 11) is 4.11. The Kier molecular flexibility index (Phi) is 4.74. The van der Waals surface area contributed by atoms with Crippen LogP contribution in [0.4, 0.5) is 5.69 Å². The van der Waals surface area contributed by atoms with Crippen LogP contribution in [0.5, 0.6) is 0 Å². The first-order valence-corrected chi connectivity index (χ1v) is 7.76. The molecule has 0 amide bonds. The summed E-state index contributed by atoms with van der Waals surface area (Å²) in [6.45, 7) is 1.73. The van der Waals surface area contributed by atoms with Crippen LogP contribution in [-0.2, 0) is 13.1 Å². The third-order valence-electron chi connectivity index (χ3n) is 3.85. The van der Waals surface area contributed by atoms with Gasteiger partial charge in [0.05, 0.1) is 6.33 Å². The maximum Gasteiger partial charge on any atom is 0.0991 e. The summed E-state index contributed by atoms with van der Waals surface area (Å²) in [5, 5.41) is 3.49. The molecule has 0 aliphatic carbocycles. The van der Waals surface area contributed by atoms with Gasteiger partial charge in [0.15, 0.2) is 0 Å². The third kappa shape index (κ3) is 3.99. The minimum atomic E-state index is 0.861. The summed E-state index contributed by atoms with van der Waals surface area (Å²) >= 11 is 0. The predicted octanol–water partition coefficient (Wildman–Crippen LogP) is 3.23. The van der Waals surface area contributed by atoms with Gasteiger partial charge in [-0.25, -0.2) is 4.98 Å². The quantitative estimate of drug-likeness (QED) is 0.759. The molecule has 0 unspecified atom stereocenters. The SMILES string of the molecule is CN(C)c1ccc(CNCc2ccc(-n3ccnc3)cc2)cc1. The van der Waals surface area contributed by atoms with Gasteiger partial charge in [0, 0.05) is 51.0 Å². The van der Waals surface area contributed by atoms with Crippen LogP contribution in [0.15, 0.2) is 67.3 Å². The summed E-state index contributed by atoms with van der Waals surface area (Å²) in [5.41, 5.74) is 4.93. The summed E-state index contributed by atoms with van der Waals surface area (Å²) in [6.07, 6.45) is 5.55. The topological polar surface area (TPSA) is 33.1 Å². The minimum Gasteiger partial charge on any atom is -0.378 e. The smallest absolute Gasteiger partial charge is 0.0991 e. The number of imidazole rings is 1. The average molecular weight is 306 g/mol. The van der Waals surface area contributed by atoms with Gasteiger partial charge in [0.1, 0.15) is 0 Å². The molecule has 0 atom stereocenters. The lowest BCUT2D eigenvalue weighted by molar-refractivity contribution is 0.693. The largest absolute Gasteiger partial charge is 0.378 e. The van der Waals surface area contributed by atoms with Gasteiger partial charge in [-0.15, -0.1) is 0 Å². The lowest BCUT2D eigenvalue weighted by atomic mass is 10.1. The molecule has 0 radical (unpaired) electrons. The number of nitrogens with zero attached hydrogens (tertiary/aromatic N) is 3. The van der Waals surface area contributed by atoms with E-state index in [1.807, 2.05) is 17.1 Å². The van der Waals surface area contributed by atoms with E-state index in [-0.39, 0.29) is 0 Å². The molecule has 0 fully saturated rings. The number of rotatable bonds is 6. The zero-order chi connectivity index (χ0) is 16.1. The van der Waals surface area contributed by atoms with Crippen molar-refractivity contribution in [3.63, 3.8) is 0 Å². The fraction of sp³-hybridized carbons (Fsp3) is 0.211. The van der Waals surface area contributed by atoms with Crippen LogP contribution in [0.25, 0.3) is 5.69 Å². The highest BCUT2D eigenvalue weighted by Gasteiger charge is 1.99. The molecule has 1 heterocycles. The van der Waals surface area contributed by atoms with Crippen molar-refractivity contribution >= 4 is 5.69 Å². The number of benzene rings is 2. The molecule has 3 rings (SSSR count). The van der Waals surface area contributed by atoms with Crippen LogP contribution in [0, 0.1) is 0 Å². The van der Waals surface area contributed by atoms with Crippen LogP contribution in [0.3, 0.4) is 0 Å². The molecule has 23 heavy (non-hydrogen) atoms. The highest BCUT2D eigenvalue weighted by Crippen LogP contribution is 2.13. The Bertz CT molecular complexity index is 713. The van der Waals surface area contributed by atoms with E-state index in [4.69, 9.17) is 0 Å². The number of hydrogen-bond donors (Lipinski definition) is 1. The highest BCUT2D eigenvalue weighted by atomic mass is 15.1. The van der Waals surface area contributed by atoms with Crippen molar-refractivity contribution in [1.29, 1.82) is 0 Å². The molecule has 0 saturated carbocycles. The second-order valence-corrected chi connectivity index (χ2v) is 5.80. The molecular weight excluding hydrogens is 284 g/mol. The molecule has 4 heteroatoms. The predicted molar refractivity (Wildman–Crippen MR) is 94.9 cm³/mol. The van der Waals surface area contributed by atoms with Gasteiger partial charge in [-0.05, 0) is 35.4 Å². The molecule has 0 spiro atoms. The number of anilines is 1. The summed E-state index contributed by atoms with van der Waals surface area (Å²) < 4.78 is 2.00. The number of nitrogens with one attached hydrogen (secondary N) is 1. The van der Waals surface area contributed by atoms with Crippen LogP contribution in [0.1, 0.15) is 11.1 Å². The highest BCUT2D eigenvalue weighted by molar-refractivity contribution is 5.46. The van der Waals surface area contributed by atoms with E-state index in [2.05, 4.69) is 77.8 Å². The average Bonchev–Trinajstić information content (AvgIpc) is 3.10. The van der Waals surface area contributed by atoms with Crippen molar-refractivity contribution in [2.24, 2.45) is 0 Å². The van der Waals surface area contributed by atoms with Gasteiger partial charge >= 0.3 is 0 Å². The van der Waals surface area contributed by atoms with E-state index >= 15 is 0 Å². The number of hydrogen-bond acceptors (Lipinski definition) is 3. The van der Waals surface area contributed by atoms with Gasteiger partial charge in [0.2, 0.25) is 0 Å². The minimum absolute atomic E-state index is 0.861. The molecule has 0 aliphatic heterocycles. The van der Waals surface area contributed by atoms with Crippen LogP contribution in [-0.4, -0.2) is 23.6 Å². The maximum atomic E-state index is 4.07. The molecule has 4 nitrogen and oxygen atoms in total. The molecule has 1 N–H and O–H groups in total. The normalized spacial score (nSPS) is 10.7. The van der Waals surface area contributed by atoms with Crippen molar-refractivity contribution in [3.05, 3.63) is 78.4 Å². The first-order chi connectivity index (χ1) is 11.2. The molecule has 2 aromatic carbocycles. The van der Waals surface area contributed by atoms with Crippen LogP contribution < -0.4 is 10.2 Å². The van der Waals surface area contributed by atoms with Crippen molar-refractivity contribution in [2.75, 3.05) is 19.0 Å². The van der Waals surface area contributed by atoms with Crippen molar-refractivity contribution in [2.45, 2.75) is 13.1 Å². The lowest BCUT2D eigenvalue weighted by Crippen LogP contribution is -2.13. The molecule has 118 valence electrons. The molecule has 0 aliphatic rings. The Hall–Kier alpha value is -2.59. The molecule has 1 aromatic heterocycles. The molecular formula is C19H22N4. The zero-order valence-electron chi connectivity index (χ0n) is 13.6. The Labute approximate surface area is 137 Å². The third-order valence-corrected chi connectivity index (χ3v) is 3.85. The second-order valence-electron chi connectivity index (χ2n) is 5.80. The fourth-order valence-corrected chi connectivity index (χ4v) is 2.46. The van der Waals surface area contributed by atoms with Crippen LogP contribution >= 0.6 is 0 Å². The molecule has 0 bridgehead atoms. The Morgan fingerprint density at radius 1 is 0.913 bits per heavy atom. The van der Waals surface area contributed by atoms with E-state index in [1.54, 1.807) is 6.20 Å². The second kappa shape index (κ2) is 7.11. The Morgan fingerprint density at radius 2 is 1.52 bits per heavy atom. The molecule has 3 aromatic rings. The van der Waals surface area contributed by atoms with Gasteiger partial charge in [0.25, 0.3) is 0 Å².